The summed E-state index contributed by atoms with van der Waals surface area (Å²) in [6.45, 7) is 1.91. The molecule has 0 unspecified atom stereocenters. The molecule has 2 aromatic rings. The number of phenols is 1. The lowest BCUT2D eigenvalue weighted by Crippen LogP contribution is -2.10. The van der Waals surface area contributed by atoms with Crippen molar-refractivity contribution in [1.29, 1.82) is 0 Å². The molecular weight excluding hydrogens is 396 g/mol. The van der Waals surface area contributed by atoms with Gasteiger partial charge in [0.1, 0.15) is 5.75 Å². The average Bonchev–Trinajstić information content (AvgIpc) is 2.62. The van der Waals surface area contributed by atoms with E-state index in [-0.39, 0.29) is 17.6 Å². The van der Waals surface area contributed by atoms with Crippen LogP contribution in [0.3, 0.4) is 0 Å². The van der Waals surface area contributed by atoms with Gasteiger partial charge < -0.3 is 21.3 Å². The fraction of sp³-hybridized carbons (Fsp3) is 0.250. The van der Waals surface area contributed by atoms with Gasteiger partial charge in [-0.3, -0.25) is 4.79 Å². The van der Waals surface area contributed by atoms with Crippen LogP contribution in [0.1, 0.15) is 31.4 Å². The Morgan fingerprint density at radius 3 is 2.77 bits per heavy atom. The van der Waals surface area contributed by atoms with E-state index in [4.69, 9.17) is 5.73 Å². The zero-order chi connectivity index (χ0) is 19.1. The molecule has 2 aromatic carbocycles. The third kappa shape index (κ3) is 5.61. The molecule has 0 saturated heterocycles. The fourth-order valence-electron chi connectivity index (χ4n) is 2.56. The molecule has 5 nitrogen and oxygen atoms in total. The Labute approximate surface area is 161 Å². The van der Waals surface area contributed by atoms with Gasteiger partial charge in [-0.25, -0.2) is 0 Å². The Bertz CT molecular complexity index is 792. The van der Waals surface area contributed by atoms with Crippen LogP contribution in [-0.4, -0.2) is 16.1 Å². The number of halogens is 1. The molecule has 138 valence electrons. The van der Waals surface area contributed by atoms with Gasteiger partial charge >= 0.3 is 0 Å². The third-order valence-corrected chi connectivity index (χ3v) is 4.62. The van der Waals surface area contributed by atoms with E-state index in [1.165, 1.54) is 6.08 Å². The number of nitrogens with one attached hydrogen (secondary N) is 1. The number of phenolic OH excluding ortho intramolecular Hbond substituents is 1. The van der Waals surface area contributed by atoms with E-state index in [0.29, 0.717) is 29.8 Å². The van der Waals surface area contributed by atoms with Crippen LogP contribution in [0.4, 0.5) is 11.4 Å². The monoisotopic (exact) mass is 418 g/mol. The number of carbonyl (C=O) groups excluding carboxylic acids is 1. The topological polar surface area (TPSA) is 95.6 Å². The molecule has 0 fully saturated rings. The van der Waals surface area contributed by atoms with Crippen molar-refractivity contribution in [3.63, 3.8) is 0 Å². The van der Waals surface area contributed by atoms with Gasteiger partial charge in [-0.1, -0.05) is 41.1 Å². The molecule has 0 heterocycles. The first kappa shape index (κ1) is 20.0. The van der Waals surface area contributed by atoms with Gasteiger partial charge in [0.05, 0.1) is 17.5 Å². The number of para-hydroxylation sites is 2. The lowest BCUT2D eigenvalue weighted by atomic mass is 9.93. The number of nitrogens with two attached hydrogens (primary N) is 1. The summed E-state index contributed by atoms with van der Waals surface area (Å²) >= 11 is 3.34. The molecule has 0 aliphatic heterocycles. The lowest BCUT2D eigenvalue weighted by Gasteiger charge is -2.19. The average molecular weight is 419 g/mol. The number of aliphatic hydroxyl groups excluding tert-OH is 1. The van der Waals surface area contributed by atoms with E-state index in [0.717, 1.165) is 4.47 Å². The molecule has 0 spiro atoms. The minimum atomic E-state index is -0.779. The highest BCUT2D eigenvalue weighted by molar-refractivity contribution is 9.10. The Kier molecular flexibility index (Phi) is 7.24. The first-order valence-corrected chi connectivity index (χ1v) is 9.16. The first-order chi connectivity index (χ1) is 12.4. The van der Waals surface area contributed by atoms with Crippen molar-refractivity contribution < 1.29 is 15.0 Å². The van der Waals surface area contributed by atoms with E-state index in [1.807, 2.05) is 6.92 Å². The molecule has 0 aliphatic rings. The number of allylic oxidation sites excluding steroid dienone is 1. The SMILES string of the molecule is C[C@@H](CC/C=C/C(=O)Nc1ccccc1N)[C@@H](O)c1cc(Br)ccc1O. The summed E-state index contributed by atoms with van der Waals surface area (Å²) in [6, 6.07) is 12.0. The van der Waals surface area contributed by atoms with E-state index < -0.39 is 6.10 Å². The molecular formula is C20H23BrN2O3. The summed E-state index contributed by atoms with van der Waals surface area (Å²) in [6.07, 6.45) is 3.74. The van der Waals surface area contributed by atoms with Crippen molar-refractivity contribution in [3.05, 3.63) is 64.7 Å². The molecule has 5 N–H and O–H groups in total. The number of nitrogen functional groups attached to an aromatic ring is 1. The van der Waals surface area contributed by atoms with Crippen LogP contribution < -0.4 is 11.1 Å². The number of benzene rings is 2. The molecule has 0 radical (unpaired) electrons. The molecule has 0 bridgehead atoms. The number of aliphatic hydroxyl groups is 1. The maximum Gasteiger partial charge on any atom is 0.248 e. The summed E-state index contributed by atoms with van der Waals surface area (Å²) in [5.41, 5.74) is 7.37. The number of aromatic hydroxyl groups is 1. The summed E-state index contributed by atoms with van der Waals surface area (Å²) in [4.78, 5) is 11.9. The van der Waals surface area contributed by atoms with E-state index in [1.54, 1.807) is 48.5 Å². The van der Waals surface area contributed by atoms with Crippen molar-refractivity contribution in [3.8, 4) is 5.75 Å². The molecule has 1 amide bonds. The standard InChI is InChI=1S/C20H23BrN2O3/c1-13(20(26)15-12-14(21)10-11-18(15)24)6-2-5-9-19(25)23-17-8-4-3-7-16(17)22/h3-5,7-13,20,24,26H,2,6,22H2,1H3,(H,23,25)/b9-5+/t13-,20+/m0/s1. The summed E-state index contributed by atoms with van der Waals surface area (Å²) < 4.78 is 0.799. The molecule has 0 aliphatic carbocycles. The number of carbonyl (C=O) groups is 1. The smallest absolute Gasteiger partial charge is 0.248 e. The van der Waals surface area contributed by atoms with E-state index in [2.05, 4.69) is 21.2 Å². The molecule has 2 rings (SSSR count). The largest absolute Gasteiger partial charge is 0.508 e. The first-order valence-electron chi connectivity index (χ1n) is 8.37. The Morgan fingerprint density at radius 1 is 1.31 bits per heavy atom. The van der Waals surface area contributed by atoms with Crippen molar-refractivity contribution in [2.24, 2.45) is 5.92 Å². The van der Waals surface area contributed by atoms with Gasteiger partial charge in [0.15, 0.2) is 0 Å². The zero-order valence-electron chi connectivity index (χ0n) is 14.5. The summed E-state index contributed by atoms with van der Waals surface area (Å²) in [7, 11) is 0. The van der Waals surface area contributed by atoms with Gasteiger partial charge in [-0.05, 0) is 55.2 Å². The van der Waals surface area contributed by atoms with E-state index in [9.17, 15) is 15.0 Å². The van der Waals surface area contributed by atoms with Crippen molar-refractivity contribution in [2.75, 3.05) is 11.1 Å². The second-order valence-corrected chi connectivity index (χ2v) is 7.10. The quantitative estimate of drug-likeness (QED) is 0.396. The second kappa shape index (κ2) is 9.40. The number of amides is 1. The third-order valence-electron chi connectivity index (χ3n) is 4.12. The van der Waals surface area contributed by atoms with Gasteiger partial charge in [-0.15, -0.1) is 0 Å². The molecule has 6 heteroatoms. The fourth-order valence-corrected chi connectivity index (χ4v) is 2.94. The van der Waals surface area contributed by atoms with Gasteiger partial charge in [0.2, 0.25) is 5.91 Å². The number of anilines is 2. The maximum absolute atomic E-state index is 11.9. The summed E-state index contributed by atoms with van der Waals surface area (Å²) in [5, 5.41) is 23.1. The number of rotatable bonds is 7. The van der Waals surface area contributed by atoms with E-state index >= 15 is 0 Å². The number of hydrogen-bond donors (Lipinski definition) is 4. The number of hydrogen-bond acceptors (Lipinski definition) is 4. The predicted octanol–water partition coefficient (Wildman–Crippen LogP) is 4.38. The highest BCUT2D eigenvalue weighted by Crippen LogP contribution is 2.33. The lowest BCUT2D eigenvalue weighted by molar-refractivity contribution is -0.111. The molecule has 0 saturated carbocycles. The Morgan fingerprint density at radius 2 is 2.04 bits per heavy atom. The van der Waals surface area contributed by atoms with Crippen LogP contribution in [0, 0.1) is 5.92 Å². The summed E-state index contributed by atoms with van der Waals surface area (Å²) in [5.74, 6) is -0.253. The zero-order valence-corrected chi connectivity index (χ0v) is 16.1. The molecule has 26 heavy (non-hydrogen) atoms. The molecule has 0 aromatic heterocycles. The van der Waals surface area contributed by atoms with Crippen LogP contribution in [0.15, 0.2) is 59.1 Å². The predicted molar refractivity (Wildman–Crippen MR) is 108 cm³/mol. The van der Waals surface area contributed by atoms with Gasteiger partial charge in [0, 0.05) is 10.0 Å². The van der Waals surface area contributed by atoms with Crippen molar-refractivity contribution >= 4 is 33.2 Å². The van der Waals surface area contributed by atoms with Crippen LogP contribution in [0.25, 0.3) is 0 Å². The second-order valence-electron chi connectivity index (χ2n) is 6.18. The van der Waals surface area contributed by atoms with Crippen molar-refractivity contribution in [1.82, 2.24) is 0 Å². The van der Waals surface area contributed by atoms with Crippen molar-refractivity contribution in [2.45, 2.75) is 25.9 Å². The normalized spacial score (nSPS) is 13.5. The van der Waals surface area contributed by atoms with Crippen LogP contribution in [0.5, 0.6) is 5.75 Å². The minimum absolute atomic E-state index is 0.0721. The van der Waals surface area contributed by atoms with Gasteiger partial charge in [0.25, 0.3) is 0 Å². The van der Waals surface area contributed by atoms with Crippen LogP contribution >= 0.6 is 15.9 Å². The molecule has 2 atom stereocenters. The Balaban J connectivity index is 1.84. The van der Waals surface area contributed by atoms with Gasteiger partial charge in [-0.2, -0.15) is 0 Å². The minimum Gasteiger partial charge on any atom is -0.508 e. The highest BCUT2D eigenvalue weighted by Gasteiger charge is 2.19. The maximum atomic E-state index is 11.9. The van der Waals surface area contributed by atoms with Crippen LogP contribution in [0.2, 0.25) is 0 Å². The Hall–Kier alpha value is -2.31. The van der Waals surface area contributed by atoms with Crippen LogP contribution in [-0.2, 0) is 4.79 Å². The highest BCUT2D eigenvalue weighted by atomic mass is 79.9.